The first-order chi connectivity index (χ1) is 17.0. The summed E-state index contributed by atoms with van der Waals surface area (Å²) in [4.78, 5) is 36.9. The number of anilines is 1. The van der Waals surface area contributed by atoms with E-state index in [-0.39, 0.29) is 17.4 Å². The van der Waals surface area contributed by atoms with E-state index in [1.165, 1.54) is 5.69 Å². The second kappa shape index (κ2) is 9.74. The molecule has 1 aromatic heterocycles. The van der Waals surface area contributed by atoms with Crippen LogP contribution in [-0.2, 0) is 4.79 Å². The van der Waals surface area contributed by atoms with Crippen molar-refractivity contribution in [3.63, 3.8) is 0 Å². The Morgan fingerprint density at radius 2 is 1.40 bits per heavy atom. The van der Waals surface area contributed by atoms with Crippen LogP contribution in [0.25, 0.3) is 22.3 Å². The maximum absolute atomic E-state index is 14.0. The minimum absolute atomic E-state index is 0.0240. The van der Waals surface area contributed by atoms with Crippen molar-refractivity contribution in [2.24, 2.45) is 5.92 Å². The van der Waals surface area contributed by atoms with Gasteiger partial charge in [-0.05, 0) is 30.2 Å². The number of piperazine rings is 1. The number of aromatic nitrogens is 2. The number of hydrogen-bond donors (Lipinski definition) is 0. The molecule has 1 saturated heterocycles. The summed E-state index contributed by atoms with van der Waals surface area (Å²) in [5, 5.41) is 0.527. The van der Waals surface area contributed by atoms with Crippen molar-refractivity contribution in [1.29, 1.82) is 0 Å². The molecule has 0 aliphatic carbocycles. The highest BCUT2D eigenvalue weighted by Crippen LogP contribution is 2.28. The number of fused-ring (bicyclic) bond motifs is 1. The number of carbonyl (C=O) groups excluding carboxylic acids is 1. The minimum atomic E-state index is -0.641. The van der Waals surface area contributed by atoms with Gasteiger partial charge in [-0.1, -0.05) is 74.5 Å². The third-order valence-corrected chi connectivity index (χ3v) is 6.72. The average molecular weight is 467 g/mol. The van der Waals surface area contributed by atoms with Crippen molar-refractivity contribution >= 4 is 22.5 Å². The van der Waals surface area contributed by atoms with Gasteiger partial charge in [0.15, 0.2) is 0 Å². The van der Waals surface area contributed by atoms with Gasteiger partial charge in [0.1, 0.15) is 11.9 Å². The van der Waals surface area contributed by atoms with E-state index in [0.29, 0.717) is 29.8 Å². The van der Waals surface area contributed by atoms with Crippen molar-refractivity contribution < 1.29 is 4.79 Å². The van der Waals surface area contributed by atoms with Crippen molar-refractivity contribution in [3.05, 3.63) is 95.3 Å². The van der Waals surface area contributed by atoms with Crippen LogP contribution < -0.4 is 10.5 Å². The first kappa shape index (κ1) is 22.8. The second-order valence-electron chi connectivity index (χ2n) is 9.33. The molecule has 1 amide bonds. The molecule has 1 aliphatic rings. The second-order valence-corrected chi connectivity index (χ2v) is 9.33. The minimum Gasteiger partial charge on any atom is -0.368 e. The summed E-state index contributed by atoms with van der Waals surface area (Å²) < 4.78 is 1.63. The molecule has 1 aliphatic heterocycles. The lowest BCUT2D eigenvalue weighted by atomic mass is 10.0. The summed E-state index contributed by atoms with van der Waals surface area (Å²) in [5.41, 5.74) is 2.45. The Kier molecular flexibility index (Phi) is 6.36. The fraction of sp³-hybridized carbons (Fsp3) is 0.276. The van der Waals surface area contributed by atoms with E-state index in [1.807, 2.05) is 85.5 Å². The first-order valence-electron chi connectivity index (χ1n) is 12.2. The van der Waals surface area contributed by atoms with E-state index in [4.69, 9.17) is 4.98 Å². The van der Waals surface area contributed by atoms with E-state index in [0.717, 1.165) is 18.7 Å². The topological polar surface area (TPSA) is 58.4 Å². The zero-order valence-corrected chi connectivity index (χ0v) is 20.2. The summed E-state index contributed by atoms with van der Waals surface area (Å²) in [5.74, 6) is 0.422. The number of para-hydroxylation sites is 2. The third-order valence-electron chi connectivity index (χ3n) is 6.72. The molecule has 1 atom stereocenters. The van der Waals surface area contributed by atoms with E-state index in [1.54, 1.807) is 10.6 Å². The Labute approximate surface area is 205 Å². The number of rotatable bonds is 5. The molecule has 0 spiro atoms. The van der Waals surface area contributed by atoms with Gasteiger partial charge in [0.05, 0.1) is 10.9 Å². The predicted octanol–water partition coefficient (Wildman–Crippen LogP) is 4.61. The van der Waals surface area contributed by atoms with E-state index in [9.17, 15) is 9.59 Å². The fourth-order valence-corrected chi connectivity index (χ4v) is 4.90. The molecule has 4 aromatic rings. The molecule has 6 nitrogen and oxygen atoms in total. The van der Waals surface area contributed by atoms with Gasteiger partial charge in [-0.3, -0.25) is 14.2 Å². The average Bonchev–Trinajstić information content (AvgIpc) is 2.91. The quantitative estimate of drug-likeness (QED) is 0.431. The summed E-state index contributed by atoms with van der Waals surface area (Å²) in [6.07, 6.45) is 0. The maximum Gasteiger partial charge on any atom is 0.262 e. The predicted molar refractivity (Wildman–Crippen MR) is 141 cm³/mol. The molecule has 5 rings (SSSR count). The lowest BCUT2D eigenvalue weighted by Gasteiger charge is -2.38. The molecule has 2 heterocycles. The van der Waals surface area contributed by atoms with Gasteiger partial charge in [0, 0.05) is 37.4 Å². The summed E-state index contributed by atoms with van der Waals surface area (Å²) >= 11 is 0. The normalized spacial score (nSPS) is 14.9. The van der Waals surface area contributed by atoms with Crippen LogP contribution in [0.4, 0.5) is 5.69 Å². The van der Waals surface area contributed by atoms with Crippen LogP contribution >= 0.6 is 0 Å². The van der Waals surface area contributed by atoms with Crippen LogP contribution in [0, 0.1) is 5.92 Å². The molecular formula is C29H30N4O2. The Balaban J connectivity index is 1.53. The number of carbonyl (C=O) groups is 1. The highest BCUT2D eigenvalue weighted by Gasteiger charge is 2.34. The highest BCUT2D eigenvalue weighted by atomic mass is 16.2. The summed E-state index contributed by atoms with van der Waals surface area (Å²) in [6, 6.07) is 26.7. The number of nitrogens with zero attached hydrogens (tertiary/aromatic N) is 4. The Hall–Kier alpha value is -3.93. The number of amides is 1. The molecule has 35 heavy (non-hydrogen) atoms. The van der Waals surface area contributed by atoms with Gasteiger partial charge in [0.25, 0.3) is 5.56 Å². The van der Waals surface area contributed by atoms with Crippen LogP contribution in [0.15, 0.2) is 89.7 Å². The fourth-order valence-electron chi connectivity index (χ4n) is 4.90. The van der Waals surface area contributed by atoms with E-state index in [2.05, 4.69) is 17.0 Å². The van der Waals surface area contributed by atoms with Crippen LogP contribution in [0.5, 0.6) is 0 Å². The zero-order valence-electron chi connectivity index (χ0n) is 20.2. The van der Waals surface area contributed by atoms with Gasteiger partial charge < -0.3 is 9.80 Å². The van der Waals surface area contributed by atoms with Gasteiger partial charge in [-0.25, -0.2) is 4.98 Å². The SMILES string of the molecule is CC(C)C(C(=O)N1CCN(c2ccccc2)CC1)n1c(-c2ccccc2)nc2ccccc2c1=O. The molecule has 0 saturated carbocycles. The van der Waals surface area contributed by atoms with E-state index >= 15 is 0 Å². The number of benzene rings is 3. The van der Waals surface area contributed by atoms with Crippen LogP contribution in [0.1, 0.15) is 19.9 Å². The lowest BCUT2D eigenvalue weighted by Crippen LogP contribution is -2.52. The van der Waals surface area contributed by atoms with Crippen molar-refractivity contribution in [2.45, 2.75) is 19.9 Å². The maximum atomic E-state index is 14.0. The largest absolute Gasteiger partial charge is 0.368 e. The Morgan fingerprint density at radius 3 is 2.06 bits per heavy atom. The molecule has 178 valence electrons. The summed E-state index contributed by atoms with van der Waals surface area (Å²) in [7, 11) is 0. The molecular weight excluding hydrogens is 436 g/mol. The standard InChI is InChI=1S/C29H30N4O2/c1-21(2)26(29(35)32-19-17-31(18-20-32)23-13-7-4-8-14-23)33-27(22-11-5-3-6-12-22)30-25-16-10-9-15-24(25)28(33)34/h3-16,21,26H,17-20H2,1-2H3. The molecule has 6 heteroatoms. The van der Waals surface area contributed by atoms with Crippen LogP contribution in [-0.4, -0.2) is 46.5 Å². The van der Waals surface area contributed by atoms with Gasteiger partial charge in [0.2, 0.25) is 5.91 Å². The molecule has 0 N–H and O–H groups in total. The molecule has 3 aromatic carbocycles. The highest BCUT2D eigenvalue weighted by molar-refractivity contribution is 5.84. The molecule has 0 bridgehead atoms. The first-order valence-corrected chi connectivity index (χ1v) is 12.2. The van der Waals surface area contributed by atoms with Gasteiger partial charge >= 0.3 is 0 Å². The number of hydrogen-bond acceptors (Lipinski definition) is 4. The van der Waals surface area contributed by atoms with Crippen molar-refractivity contribution in [1.82, 2.24) is 14.5 Å². The van der Waals surface area contributed by atoms with Gasteiger partial charge in [-0.15, -0.1) is 0 Å². The van der Waals surface area contributed by atoms with Crippen LogP contribution in [0.2, 0.25) is 0 Å². The molecule has 0 radical (unpaired) electrons. The van der Waals surface area contributed by atoms with E-state index < -0.39 is 6.04 Å². The smallest absolute Gasteiger partial charge is 0.262 e. The summed E-state index contributed by atoms with van der Waals surface area (Å²) in [6.45, 7) is 6.76. The Bertz CT molecular complexity index is 1370. The molecule has 1 fully saturated rings. The van der Waals surface area contributed by atoms with Crippen molar-refractivity contribution in [2.75, 3.05) is 31.1 Å². The van der Waals surface area contributed by atoms with Crippen LogP contribution in [0.3, 0.4) is 0 Å². The Morgan fingerprint density at radius 1 is 0.800 bits per heavy atom. The van der Waals surface area contributed by atoms with Crippen molar-refractivity contribution in [3.8, 4) is 11.4 Å². The molecule has 1 unspecified atom stereocenters. The monoisotopic (exact) mass is 466 g/mol. The zero-order chi connectivity index (χ0) is 24.4. The third kappa shape index (κ3) is 4.44. The van der Waals surface area contributed by atoms with Gasteiger partial charge in [-0.2, -0.15) is 0 Å². The lowest BCUT2D eigenvalue weighted by molar-refractivity contribution is -0.136.